The van der Waals surface area contributed by atoms with Gasteiger partial charge >= 0.3 is 0 Å². The second kappa shape index (κ2) is 8.87. The molecule has 0 N–H and O–H groups in total. The van der Waals surface area contributed by atoms with Crippen molar-refractivity contribution in [1.82, 2.24) is 0 Å². The summed E-state index contributed by atoms with van der Waals surface area (Å²) in [5, 5.41) is 0.242. The molecule has 2 heteroatoms. The van der Waals surface area contributed by atoms with E-state index in [1.54, 1.807) is 0 Å². The van der Waals surface area contributed by atoms with Crippen molar-refractivity contribution in [3.05, 3.63) is 0 Å². The van der Waals surface area contributed by atoms with Crippen LogP contribution in [0, 0.1) is 35.5 Å². The normalized spacial score (nSPS) is 10.4. The van der Waals surface area contributed by atoms with E-state index in [-0.39, 0.29) is 5.04 Å². The molecule has 0 aliphatic carbocycles. The highest BCUT2D eigenvalue weighted by Crippen LogP contribution is 2.36. The minimum absolute atomic E-state index is 0.242. The molecule has 0 aromatic heterocycles. The van der Waals surface area contributed by atoms with E-state index in [1.807, 2.05) is 6.92 Å². The van der Waals surface area contributed by atoms with Gasteiger partial charge in [-0.3, -0.25) is 0 Å². The highest BCUT2D eigenvalue weighted by molar-refractivity contribution is 6.74. The van der Waals surface area contributed by atoms with Crippen LogP contribution in [0.2, 0.25) is 18.1 Å². The second-order valence-corrected chi connectivity index (χ2v) is 10.6. The van der Waals surface area contributed by atoms with E-state index < -0.39 is 8.32 Å². The standard InChI is InChI=1S/C17H26OSi/c1-7-8-9-10-11-12-13-14-15-16-18-19(5,6)17(2,3)4/h7,10,13,16H2,1-6H3. The fraction of sp³-hybridized carbons (Fsp3) is 0.647. The topological polar surface area (TPSA) is 9.23 Å². The van der Waals surface area contributed by atoms with Crippen molar-refractivity contribution in [3.8, 4) is 35.5 Å². The molecule has 0 aliphatic heterocycles. The second-order valence-electron chi connectivity index (χ2n) is 5.82. The summed E-state index contributed by atoms with van der Waals surface area (Å²) in [5.74, 6) is 18.0. The molecule has 0 radical (unpaired) electrons. The molecular weight excluding hydrogens is 248 g/mol. The zero-order valence-corrected chi connectivity index (χ0v) is 14.2. The first kappa shape index (κ1) is 17.9. The molecule has 0 unspecified atom stereocenters. The van der Waals surface area contributed by atoms with E-state index in [1.165, 1.54) is 0 Å². The van der Waals surface area contributed by atoms with E-state index in [0.717, 1.165) is 6.42 Å². The molecule has 0 saturated carbocycles. The zero-order chi connectivity index (χ0) is 14.8. The average molecular weight is 274 g/mol. The Bertz CT molecular complexity index is 435. The van der Waals surface area contributed by atoms with E-state index >= 15 is 0 Å². The van der Waals surface area contributed by atoms with Gasteiger partial charge in [-0.15, -0.1) is 5.92 Å². The predicted molar refractivity (Wildman–Crippen MR) is 86.0 cm³/mol. The van der Waals surface area contributed by atoms with Crippen molar-refractivity contribution in [2.45, 2.75) is 65.1 Å². The molecule has 104 valence electrons. The van der Waals surface area contributed by atoms with Crippen LogP contribution in [0.3, 0.4) is 0 Å². The molecule has 0 rings (SSSR count). The fourth-order valence-corrected chi connectivity index (χ4v) is 1.81. The Hall–Kier alpha value is -1.14. The molecule has 0 aromatic rings. The Morgan fingerprint density at radius 1 is 0.842 bits per heavy atom. The molecule has 0 saturated heterocycles. The summed E-state index contributed by atoms with van der Waals surface area (Å²) in [6.45, 7) is 13.7. The average Bonchev–Trinajstić information content (AvgIpc) is 2.30. The van der Waals surface area contributed by atoms with Crippen LogP contribution in [0.25, 0.3) is 0 Å². The smallest absolute Gasteiger partial charge is 0.193 e. The van der Waals surface area contributed by atoms with Crippen molar-refractivity contribution in [3.63, 3.8) is 0 Å². The number of hydrogen-bond acceptors (Lipinski definition) is 1. The maximum absolute atomic E-state index is 5.95. The molecule has 0 aromatic carbocycles. The van der Waals surface area contributed by atoms with Crippen LogP contribution >= 0.6 is 0 Å². The highest BCUT2D eigenvalue weighted by atomic mass is 28.4. The third-order valence-corrected chi connectivity index (χ3v) is 7.70. The molecule has 0 fully saturated rings. The van der Waals surface area contributed by atoms with Crippen LogP contribution in [0.15, 0.2) is 0 Å². The minimum atomic E-state index is -1.65. The molecular formula is C17H26OSi. The molecule has 19 heavy (non-hydrogen) atoms. The van der Waals surface area contributed by atoms with Crippen molar-refractivity contribution < 1.29 is 4.43 Å². The maximum atomic E-state index is 5.95. The van der Waals surface area contributed by atoms with Gasteiger partial charge in [0.05, 0.1) is 19.4 Å². The van der Waals surface area contributed by atoms with Crippen LogP contribution in [-0.2, 0) is 4.43 Å². The summed E-state index contributed by atoms with van der Waals surface area (Å²) < 4.78 is 5.95. The lowest BCUT2D eigenvalue weighted by molar-refractivity contribution is 0.334. The first-order chi connectivity index (χ1) is 8.81. The summed E-state index contributed by atoms with van der Waals surface area (Å²) in [6.07, 6.45) is 2.15. The first-order valence-corrected chi connectivity index (χ1v) is 9.73. The largest absolute Gasteiger partial charge is 0.406 e. The first-order valence-electron chi connectivity index (χ1n) is 6.82. The van der Waals surface area contributed by atoms with Gasteiger partial charge in [-0.25, -0.2) is 0 Å². The van der Waals surface area contributed by atoms with Crippen molar-refractivity contribution in [2.24, 2.45) is 0 Å². The van der Waals surface area contributed by atoms with Crippen LogP contribution in [-0.4, -0.2) is 14.9 Å². The van der Waals surface area contributed by atoms with Gasteiger partial charge in [0, 0.05) is 6.42 Å². The van der Waals surface area contributed by atoms with Crippen molar-refractivity contribution in [1.29, 1.82) is 0 Å². The number of rotatable bonds is 2. The SMILES string of the molecule is CCC#CCC#CCC#CCO[Si](C)(C)C(C)(C)C. The predicted octanol–water partition coefficient (Wildman–Crippen LogP) is 4.21. The van der Waals surface area contributed by atoms with Gasteiger partial charge < -0.3 is 4.43 Å². The molecule has 0 bridgehead atoms. The van der Waals surface area contributed by atoms with Gasteiger partial charge in [-0.2, -0.15) is 0 Å². The van der Waals surface area contributed by atoms with E-state index in [0.29, 0.717) is 19.4 Å². The Balaban J connectivity index is 3.95. The van der Waals surface area contributed by atoms with Crippen LogP contribution < -0.4 is 0 Å². The summed E-state index contributed by atoms with van der Waals surface area (Å²) in [4.78, 5) is 0. The lowest BCUT2D eigenvalue weighted by Crippen LogP contribution is -2.40. The molecule has 0 aliphatic rings. The molecule has 0 spiro atoms. The van der Waals surface area contributed by atoms with E-state index in [4.69, 9.17) is 4.43 Å². The van der Waals surface area contributed by atoms with Gasteiger partial charge in [0.2, 0.25) is 0 Å². The Morgan fingerprint density at radius 3 is 1.79 bits per heavy atom. The monoisotopic (exact) mass is 274 g/mol. The Kier molecular flexibility index (Phi) is 8.34. The molecule has 0 heterocycles. The summed E-state index contributed by atoms with van der Waals surface area (Å²) in [5.41, 5.74) is 0. The number of hydrogen-bond donors (Lipinski definition) is 0. The Labute approximate surface area is 120 Å². The van der Waals surface area contributed by atoms with Crippen molar-refractivity contribution >= 4 is 8.32 Å². The van der Waals surface area contributed by atoms with Crippen LogP contribution in [0.1, 0.15) is 47.0 Å². The maximum Gasteiger partial charge on any atom is 0.193 e. The van der Waals surface area contributed by atoms with Crippen LogP contribution in [0.4, 0.5) is 0 Å². The third kappa shape index (κ3) is 8.55. The third-order valence-electron chi connectivity index (χ3n) is 3.22. The van der Waals surface area contributed by atoms with E-state index in [9.17, 15) is 0 Å². The summed E-state index contributed by atoms with van der Waals surface area (Å²) in [6, 6.07) is 0. The van der Waals surface area contributed by atoms with Crippen LogP contribution in [0.5, 0.6) is 0 Å². The highest BCUT2D eigenvalue weighted by Gasteiger charge is 2.36. The summed E-state index contributed by atoms with van der Waals surface area (Å²) in [7, 11) is -1.65. The fourth-order valence-electron chi connectivity index (χ4n) is 0.947. The van der Waals surface area contributed by atoms with E-state index in [2.05, 4.69) is 69.4 Å². The summed E-state index contributed by atoms with van der Waals surface area (Å²) >= 11 is 0. The minimum Gasteiger partial charge on any atom is -0.406 e. The van der Waals surface area contributed by atoms with Gasteiger partial charge in [0.1, 0.15) is 0 Å². The molecule has 0 atom stereocenters. The van der Waals surface area contributed by atoms with Gasteiger partial charge in [-0.05, 0) is 18.1 Å². The zero-order valence-electron chi connectivity index (χ0n) is 13.2. The molecule has 1 nitrogen and oxygen atoms in total. The lowest BCUT2D eigenvalue weighted by atomic mass is 10.2. The van der Waals surface area contributed by atoms with Gasteiger partial charge in [0.15, 0.2) is 8.32 Å². The quantitative estimate of drug-likeness (QED) is 0.541. The van der Waals surface area contributed by atoms with Crippen molar-refractivity contribution in [2.75, 3.05) is 6.61 Å². The Morgan fingerprint density at radius 2 is 1.32 bits per heavy atom. The van der Waals surface area contributed by atoms with Gasteiger partial charge in [0.25, 0.3) is 0 Å². The van der Waals surface area contributed by atoms with Gasteiger partial charge in [-0.1, -0.05) is 57.3 Å². The molecule has 0 amide bonds. The lowest BCUT2D eigenvalue weighted by Gasteiger charge is -2.35.